The standard InChI is InChI=1S/C11H8BrNO3S/c1-7(9-3-2-6-17-9)13-16-11(14)8-4-5-10(12)15-8/h2-6H,1H3/b13-7+. The third kappa shape index (κ3) is 3.04. The number of oxime groups is 1. The predicted octanol–water partition coefficient (Wildman–Crippen LogP) is 3.68. The van der Waals surface area contributed by atoms with Crippen LogP contribution in [0.3, 0.4) is 0 Å². The summed E-state index contributed by atoms with van der Waals surface area (Å²) in [5.41, 5.74) is 0.652. The maximum absolute atomic E-state index is 11.5. The van der Waals surface area contributed by atoms with Crippen LogP contribution in [-0.4, -0.2) is 11.7 Å². The minimum atomic E-state index is -0.619. The highest BCUT2D eigenvalue weighted by Crippen LogP contribution is 2.15. The zero-order valence-corrected chi connectivity index (χ0v) is 11.2. The second kappa shape index (κ2) is 5.29. The molecule has 0 radical (unpaired) electrons. The monoisotopic (exact) mass is 313 g/mol. The Labute approximate surface area is 110 Å². The quantitative estimate of drug-likeness (QED) is 0.493. The Hall–Kier alpha value is -1.40. The molecule has 6 heteroatoms. The summed E-state index contributed by atoms with van der Waals surface area (Å²) in [5.74, 6) is -0.508. The van der Waals surface area contributed by atoms with E-state index in [1.54, 1.807) is 13.0 Å². The fourth-order valence-electron chi connectivity index (χ4n) is 1.11. The first-order valence-corrected chi connectivity index (χ1v) is 6.39. The second-order valence-electron chi connectivity index (χ2n) is 3.14. The average molecular weight is 314 g/mol. The average Bonchev–Trinajstić information content (AvgIpc) is 2.95. The molecule has 0 fully saturated rings. The largest absolute Gasteiger partial charge is 0.442 e. The summed E-state index contributed by atoms with van der Waals surface area (Å²) in [6.07, 6.45) is 0. The SMILES string of the molecule is C/C(=N\OC(=O)c1ccc(Br)o1)c1cccs1. The van der Waals surface area contributed by atoms with Gasteiger partial charge in [-0.2, -0.15) is 0 Å². The van der Waals surface area contributed by atoms with Crippen LogP contribution >= 0.6 is 27.3 Å². The van der Waals surface area contributed by atoms with Gasteiger partial charge in [-0.1, -0.05) is 11.2 Å². The Bertz CT molecular complexity index is 545. The second-order valence-corrected chi connectivity index (χ2v) is 4.87. The van der Waals surface area contributed by atoms with Crippen LogP contribution in [0.1, 0.15) is 22.4 Å². The van der Waals surface area contributed by atoms with Crippen LogP contribution in [0, 0.1) is 0 Å². The van der Waals surface area contributed by atoms with Crippen molar-refractivity contribution in [3.05, 3.63) is 45.0 Å². The topological polar surface area (TPSA) is 51.8 Å². The number of rotatable bonds is 3. The van der Waals surface area contributed by atoms with Crippen LogP contribution in [-0.2, 0) is 4.84 Å². The fourth-order valence-corrected chi connectivity index (χ4v) is 2.08. The summed E-state index contributed by atoms with van der Waals surface area (Å²) in [5, 5.41) is 5.68. The van der Waals surface area contributed by atoms with Crippen LogP contribution in [0.5, 0.6) is 0 Å². The number of furan rings is 1. The number of hydrogen-bond donors (Lipinski definition) is 0. The fraction of sp³-hybridized carbons (Fsp3) is 0.0909. The van der Waals surface area contributed by atoms with Crippen LogP contribution in [0.25, 0.3) is 0 Å². The lowest BCUT2D eigenvalue weighted by Crippen LogP contribution is -2.01. The van der Waals surface area contributed by atoms with E-state index in [1.807, 2.05) is 17.5 Å². The molecule has 2 aromatic rings. The predicted molar refractivity (Wildman–Crippen MR) is 68.4 cm³/mol. The first-order valence-electron chi connectivity index (χ1n) is 4.72. The van der Waals surface area contributed by atoms with Gasteiger partial charge in [0.2, 0.25) is 5.76 Å². The molecule has 2 aromatic heterocycles. The number of nitrogens with zero attached hydrogens (tertiary/aromatic N) is 1. The summed E-state index contributed by atoms with van der Waals surface area (Å²) in [4.78, 5) is 17.2. The molecule has 88 valence electrons. The highest BCUT2D eigenvalue weighted by atomic mass is 79.9. The normalized spacial score (nSPS) is 11.5. The van der Waals surface area contributed by atoms with E-state index >= 15 is 0 Å². The number of hydrogen-bond acceptors (Lipinski definition) is 5. The summed E-state index contributed by atoms with van der Waals surface area (Å²) in [7, 11) is 0. The van der Waals surface area contributed by atoms with Crippen molar-refractivity contribution in [2.75, 3.05) is 0 Å². The zero-order valence-electron chi connectivity index (χ0n) is 8.84. The lowest BCUT2D eigenvalue weighted by molar-refractivity contribution is 0.0478. The molecule has 0 saturated heterocycles. The van der Waals surface area contributed by atoms with E-state index in [9.17, 15) is 4.79 Å². The van der Waals surface area contributed by atoms with Crippen LogP contribution < -0.4 is 0 Å². The van der Waals surface area contributed by atoms with Crippen molar-refractivity contribution < 1.29 is 14.0 Å². The van der Waals surface area contributed by atoms with Gasteiger partial charge in [-0.15, -0.1) is 11.3 Å². The molecular weight excluding hydrogens is 306 g/mol. The van der Waals surface area contributed by atoms with Gasteiger partial charge in [0.05, 0.1) is 10.6 Å². The Morgan fingerprint density at radius 1 is 1.47 bits per heavy atom. The number of thiophene rings is 1. The maximum Gasteiger partial charge on any atom is 0.400 e. The highest BCUT2D eigenvalue weighted by molar-refractivity contribution is 9.10. The Kier molecular flexibility index (Phi) is 3.75. The molecule has 0 amide bonds. The summed E-state index contributed by atoms with van der Waals surface area (Å²) in [6.45, 7) is 1.77. The van der Waals surface area contributed by atoms with Gasteiger partial charge in [0.1, 0.15) is 0 Å². The van der Waals surface area contributed by atoms with Crippen molar-refractivity contribution in [1.29, 1.82) is 0 Å². The minimum Gasteiger partial charge on any atom is -0.442 e. The van der Waals surface area contributed by atoms with Gasteiger partial charge >= 0.3 is 5.97 Å². The van der Waals surface area contributed by atoms with E-state index in [0.717, 1.165) is 4.88 Å². The van der Waals surface area contributed by atoms with E-state index in [0.29, 0.717) is 10.4 Å². The molecule has 0 saturated carbocycles. The summed E-state index contributed by atoms with van der Waals surface area (Å²) in [6, 6.07) is 6.94. The molecule has 0 N–H and O–H groups in total. The van der Waals surface area contributed by atoms with Gasteiger partial charge in [-0.3, -0.25) is 0 Å². The van der Waals surface area contributed by atoms with Crippen LogP contribution in [0.4, 0.5) is 0 Å². The van der Waals surface area contributed by atoms with E-state index < -0.39 is 5.97 Å². The molecule has 17 heavy (non-hydrogen) atoms. The molecule has 0 spiro atoms. The molecule has 0 aliphatic heterocycles. The van der Waals surface area contributed by atoms with Gasteiger partial charge < -0.3 is 9.25 Å². The van der Waals surface area contributed by atoms with Crippen LogP contribution in [0.2, 0.25) is 0 Å². The lowest BCUT2D eigenvalue weighted by Gasteiger charge is -1.96. The number of carbonyl (C=O) groups excluding carboxylic acids is 1. The maximum atomic E-state index is 11.5. The van der Waals surface area contributed by atoms with Crippen molar-refractivity contribution in [1.82, 2.24) is 0 Å². The molecule has 0 aromatic carbocycles. The van der Waals surface area contributed by atoms with Gasteiger partial charge in [-0.25, -0.2) is 4.79 Å². The molecule has 0 unspecified atom stereocenters. The zero-order chi connectivity index (χ0) is 12.3. The molecule has 2 heterocycles. The van der Waals surface area contributed by atoms with E-state index in [4.69, 9.17) is 9.25 Å². The third-order valence-corrected chi connectivity index (χ3v) is 3.32. The molecule has 4 nitrogen and oxygen atoms in total. The van der Waals surface area contributed by atoms with Gasteiger partial charge in [-0.05, 0) is 46.4 Å². The Balaban J connectivity index is 2.03. The number of carbonyl (C=O) groups is 1. The molecule has 2 rings (SSSR count). The van der Waals surface area contributed by atoms with Crippen molar-refractivity contribution in [2.24, 2.45) is 5.16 Å². The van der Waals surface area contributed by atoms with Crippen molar-refractivity contribution in [3.8, 4) is 0 Å². The van der Waals surface area contributed by atoms with Crippen molar-refractivity contribution in [3.63, 3.8) is 0 Å². The lowest BCUT2D eigenvalue weighted by atomic mass is 10.3. The molecular formula is C11H8BrNO3S. The Morgan fingerprint density at radius 3 is 2.88 bits per heavy atom. The molecule has 0 aliphatic rings. The number of halogens is 1. The summed E-state index contributed by atoms with van der Waals surface area (Å²) < 4.78 is 5.52. The van der Waals surface area contributed by atoms with Gasteiger partial charge in [0, 0.05) is 0 Å². The van der Waals surface area contributed by atoms with Crippen molar-refractivity contribution in [2.45, 2.75) is 6.92 Å². The molecule has 0 aliphatic carbocycles. The Morgan fingerprint density at radius 2 is 2.29 bits per heavy atom. The first kappa shape index (κ1) is 12.1. The minimum absolute atomic E-state index is 0.111. The van der Waals surface area contributed by atoms with E-state index in [2.05, 4.69) is 21.1 Å². The van der Waals surface area contributed by atoms with Crippen LogP contribution in [0.15, 0.2) is 43.9 Å². The highest BCUT2D eigenvalue weighted by Gasteiger charge is 2.12. The molecule has 0 atom stereocenters. The summed E-state index contributed by atoms with van der Waals surface area (Å²) >= 11 is 4.63. The smallest absolute Gasteiger partial charge is 0.400 e. The van der Waals surface area contributed by atoms with E-state index in [-0.39, 0.29) is 5.76 Å². The van der Waals surface area contributed by atoms with Gasteiger partial charge in [0.15, 0.2) is 4.67 Å². The van der Waals surface area contributed by atoms with Crippen molar-refractivity contribution >= 4 is 38.9 Å². The first-order chi connectivity index (χ1) is 8.16. The van der Waals surface area contributed by atoms with E-state index in [1.165, 1.54) is 17.4 Å². The third-order valence-electron chi connectivity index (χ3n) is 1.92. The molecule has 0 bridgehead atoms. The van der Waals surface area contributed by atoms with Gasteiger partial charge in [0.25, 0.3) is 0 Å².